The summed E-state index contributed by atoms with van der Waals surface area (Å²) in [5.41, 5.74) is 0. The van der Waals surface area contributed by atoms with E-state index in [0.717, 1.165) is 0 Å². The molecule has 8 nitrogen and oxygen atoms in total. The van der Waals surface area contributed by atoms with Crippen molar-refractivity contribution in [3.63, 3.8) is 0 Å². The minimum absolute atomic E-state index is 0.0275. The quantitative estimate of drug-likeness (QED) is 0.384. The second-order valence-corrected chi connectivity index (χ2v) is 7.09. The molecule has 0 aromatic carbocycles. The van der Waals surface area contributed by atoms with Crippen molar-refractivity contribution in [2.24, 2.45) is 0 Å². The molecule has 0 aromatic rings. The fourth-order valence-corrected chi connectivity index (χ4v) is 3.43. The molecule has 0 radical (unpaired) electrons. The Morgan fingerprint density at radius 2 is 1.83 bits per heavy atom. The summed E-state index contributed by atoms with van der Waals surface area (Å²) < 4.78 is 15.9. The number of aliphatic hydroxyl groups excluding tert-OH is 4. The third kappa shape index (κ3) is 3.20. The third-order valence-electron chi connectivity index (χ3n) is 3.95. The van der Waals surface area contributed by atoms with Gasteiger partial charge in [0.15, 0.2) is 0 Å². The minimum atomic E-state index is -2.60. The highest BCUT2D eigenvalue weighted by Crippen LogP contribution is 2.49. The number of aliphatic hydroxyl groups is 5. The van der Waals surface area contributed by atoms with Crippen molar-refractivity contribution in [1.82, 2.24) is 0 Å². The van der Waals surface area contributed by atoms with E-state index in [1.807, 2.05) is 0 Å². The van der Waals surface area contributed by atoms with E-state index in [1.54, 1.807) is 6.92 Å². The van der Waals surface area contributed by atoms with Gasteiger partial charge < -0.3 is 35.0 Å². The highest BCUT2D eigenvalue weighted by Gasteiger charge is 2.66. The molecule has 0 aromatic heterocycles. The SMILES string of the molecule is C[C@@H]1C[C@H](O)[C@](O)(Cl)[C@@](Cl)(O[C@]2(CO)O[C@H](CCl)[C@@H](O)[C@@H]2O)O1. The maximum absolute atomic E-state index is 10.3. The molecule has 8 atom stereocenters. The summed E-state index contributed by atoms with van der Waals surface area (Å²) in [5.74, 6) is -2.45. The van der Waals surface area contributed by atoms with Crippen molar-refractivity contribution in [3.8, 4) is 0 Å². The van der Waals surface area contributed by atoms with Crippen LogP contribution in [0.15, 0.2) is 0 Å². The van der Waals surface area contributed by atoms with Crippen LogP contribution in [-0.4, -0.2) is 84.6 Å². The maximum Gasteiger partial charge on any atom is 0.298 e. The lowest BCUT2D eigenvalue weighted by Gasteiger charge is -2.49. The van der Waals surface area contributed by atoms with Crippen LogP contribution >= 0.6 is 34.8 Å². The van der Waals surface area contributed by atoms with E-state index in [2.05, 4.69) is 0 Å². The first-order valence-corrected chi connectivity index (χ1v) is 8.19. The van der Waals surface area contributed by atoms with Gasteiger partial charge in [-0.05, 0) is 6.92 Å². The molecule has 5 N–H and O–H groups in total. The molecule has 23 heavy (non-hydrogen) atoms. The van der Waals surface area contributed by atoms with E-state index in [4.69, 9.17) is 49.0 Å². The molecule has 2 heterocycles. The Bertz CT molecular complexity index is 441. The number of halogens is 3. The Morgan fingerprint density at radius 1 is 1.22 bits per heavy atom. The van der Waals surface area contributed by atoms with Crippen LogP contribution in [-0.2, 0) is 14.2 Å². The van der Waals surface area contributed by atoms with Crippen LogP contribution in [0.4, 0.5) is 0 Å². The highest BCUT2D eigenvalue weighted by molar-refractivity contribution is 6.33. The molecule has 2 fully saturated rings. The summed E-state index contributed by atoms with van der Waals surface area (Å²) in [5, 5.41) is 44.6. The van der Waals surface area contributed by atoms with Crippen molar-refractivity contribution < 1.29 is 39.7 Å². The molecule has 11 heteroatoms. The van der Waals surface area contributed by atoms with Gasteiger partial charge >= 0.3 is 0 Å². The van der Waals surface area contributed by atoms with Gasteiger partial charge in [-0.1, -0.05) is 23.2 Å². The second kappa shape index (κ2) is 6.69. The summed E-state index contributed by atoms with van der Waals surface area (Å²) >= 11 is 17.6. The van der Waals surface area contributed by atoms with Crippen LogP contribution in [0.2, 0.25) is 0 Å². The van der Waals surface area contributed by atoms with Crippen LogP contribution in [0, 0.1) is 0 Å². The first kappa shape index (κ1) is 19.9. The fourth-order valence-electron chi connectivity index (χ4n) is 2.61. The van der Waals surface area contributed by atoms with E-state index in [-0.39, 0.29) is 12.3 Å². The van der Waals surface area contributed by atoms with Gasteiger partial charge in [0.1, 0.15) is 31.0 Å². The second-order valence-electron chi connectivity index (χ2n) is 5.71. The highest BCUT2D eigenvalue weighted by atomic mass is 35.5. The molecule has 0 saturated carbocycles. The van der Waals surface area contributed by atoms with Gasteiger partial charge in [-0.15, -0.1) is 11.6 Å². The molecule has 0 spiro atoms. The van der Waals surface area contributed by atoms with Crippen LogP contribution < -0.4 is 0 Å². The smallest absolute Gasteiger partial charge is 0.298 e. The molecule has 0 amide bonds. The van der Waals surface area contributed by atoms with Crippen molar-refractivity contribution in [2.75, 3.05) is 12.5 Å². The lowest BCUT2D eigenvalue weighted by Crippen LogP contribution is -2.67. The summed E-state index contributed by atoms with van der Waals surface area (Å²) in [7, 11) is 0. The van der Waals surface area contributed by atoms with Gasteiger partial charge in [0.05, 0.1) is 12.0 Å². The van der Waals surface area contributed by atoms with Gasteiger partial charge in [0, 0.05) is 6.42 Å². The van der Waals surface area contributed by atoms with E-state index in [9.17, 15) is 25.5 Å². The average Bonchev–Trinajstić information content (AvgIpc) is 2.70. The Hall–Kier alpha value is 0.550. The Morgan fingerprint density at radius 3 is 2.30 bits per heavy atom. The monoisotopic (exact) mass is 396 g/mol. The zero-order valence-electron chi connectivity index (χ0n) is 12.1. The first-order valence-electron chi connectivity index (χ1n) is 6.90. The topological polar surface area (TPSA) is 129 Å². The Kier molecular flexibility index (Phi) is 5.78. The third-order valence-corrected chi connectivity index (χ3v) is 5.31. The standard InChI is InChI=1S/C12H19Cl3O8/c1-5-2-7(17)11(14,20)12(15,21-5)23-10(4-16)9(19)8(18)6(3-13)22-10/h5-9,16-20H,2-4H2,1H3/t5-,6-,7+,8-,9+,10+,11-,12+/m1/s1. The van der Waals surface area contributed by atoms with E-state index < -0.39 is 53.2 Å². The maximum atomic E-state index is 10.3. The molecule has 0 unspecified atom stereocenters. The molecule has 2 rings (SSSR count). The van der Waals surface area contributed by atoms with Gasteiger partial charge in [0.2, 0.25) is 10.8 Å². The number of rotatable bonds is 4. The van der Waals surface area contributed by atoms with E-state index in [0.29, 0.717) is 0 Å². The summed E-state index contributed by atoms with van der Waals surface area (Å²) in [6.45, 7) is 0.595. The molecular formula is C12H19Cl3O8. The number of hydrogen-bond acceptors (Lipinski definition) is 8. The molecule has 0 bridgehead atoms. The van der Waals surface area contributed by atoms with Crippen LogP contribution in [0.5, 0.6) is 0 Å². The van der Waals surface area contributed by atoms with Gasteiger partial charge in [-0.2, -0.15) is 0 Å². The van der Waals surface area contributed by atoms with Crippen molar-refractivity contribution in [1.29, 1.82) is 0 Å². The first-order chi connectivity index (χ1) is 10.5. The predicted molar refractivity (Wildman–Crippen MR) is 79.1 cm³/mol. The molecule has 2 aliphatic rings. The van der Waals surface area contributed by atoms with Crippen LogP contribution in [0.1, 0.15) is 13.3 Å². The van der Waals surface area contributed by atoms with Gasteiger partial charge in [-0.25, -0.2) is 0 Å². The molecule has 2 aliphatic heterocycles. The normalized spacial score (nSPS) is 54.4. The van der Waals surface area contributed by atoms with Crippen molar-refractivity contribution in [2.45, 2.75) is 60.0 Å². The number of ether oxygens (including phenoxy) is 3. The predicted octanol–water partition coefficient (Wildman–Crippen LogP) is -0.959. The Balaban J connectivity index is 2.33. The van der Waals surface area contributed by atoms with Crippen LogP contribution in [0.3, 0.4) is 0 Å². The average molecular weight is 398 g/mol. The fraction of sp³-hybridized carbons (Fsp3) is 1.00. The van der Waals surface area contributed by atoms with Gasteiger partial charge in [-0.3, -0.25) is 4.74 Å². The lowest BCUT2D eigenvalue weighted by molar-refractivity contribution is -0.397. The largest absolute Gasteiger partial charge is 0.391 e. The minimum Gasteiger partial charge on any atom is -0.391 e. The Labute approximate surface area is 147 Å². The van der Waals surface area contributed by atoms with Crippen molar-refractivity contribution >= 4 is 34.8 Å². The molecule has 0 aliphatic carbocycles. The molecular weight excluding hydrogens is 378 g/mol. The zero-order valence-corrected chi connectivity index (χ0v) is 14.4. The number of alkyl halides is 3. The zero-order chi connectivity index (χ0) is 17.6. The van der Waals surface area contributed by atoms with E-state index in [1.165, 1.54) is 0 Å². The summed E-state index contributed by atoms with van der Waals surface area (Å²) in [6, 6.07) is 0. The summed E-state index contributed by atoms with van der Waals surface area (Å²) in [4.78, 5) is 0. The summed E-state index contributed by atoms with van der Waals surface area (Å²) in [6.07, 6.45) is -6.50. The van der Waals surface area contributed by atoms with Crippen LogP contribution in [0.25, 0.3) is 0 Å². The molecule has 136 valence electrons. The lowest BCUT2D eigenvalue weighted by atomic mass is 10.0. The van der Waals surface area contributed by atoms with E-state index >= 15 is 0 Å². The number of hydrogen-bond donors (Lipinski definition) is 5. The molecule has 2 saturated heterocycles. The van der Waals surface area contributed by atoms with Gasteiger partial charge in [0.25, 0.3) is 5.25 Å². The van der Waals surface area contributed by atoms with Crippen molar-refractivity contribution in [3.05, 3.63) is 0 Å².